The molecule has 10 nitrogen and oxygen atoms in total. The van der Waals surface area contributed by atoms with Gasteiger partial charge in [-0.3, -0.25) is 0 Å². The average Bonchev–Trinajstić information content (AvgIpc) is 3.37. The predicted molar refractivity (Wildman–Crippen MR) is 139 cm³/mol. The zero-order valence-corrected chi connectivity index (χ0v) is 21.6. The number of thiazole rings is 1. The van der Waals surface area contributed by atoms with Gasteiger partial charge in [-0.1, -0.05) is 29.0 Å². The standard InChI is InChI=1S/C25H22ClN7O3S/c1-25(2)20(19(15-29)22(36-25)16(13-27)14-28)7-8-21-23(26)30-24(37-21)32-31-17-3-5-18(6-4-17)33(9-11-34)10-12-35/h3-8,34-35H,9-12H2,1-2H3/b8-7+,32-31?. The second kappa shape index (κ2) is 12.3. The third-order valence-electron chi connectivity index (χ3n) is 5.27. The number of nitrogens with zero attached hydrogens (tertiary/aromatic N) is 7. The molecule has 1 aromatic carbocycles. The molecule has 0 fully saturated rings. The van der Waals surface area contributed by atoms with Crippen LogP contribution in [0.15, 0.2) is 63.0 Å². The van der Waals surface area contributed by atoms with Gasteiger partial charge in [-0.05, 0) is 44.2 Å². The van der Waals surface area contributed by atoms with E-state index in [4.69, 9.17) is 16.3 Å². The van der Waals surface area contributed by atoms with Crippen molar-refractivity contribution in [1.82, 2.24) is 4.98 Å². The molecule has 0 amide bonds. The number of azo groups is 1. The summed E-state index contributed by atoms with van der Waals surface area (Å²) in [4.78, 5) is 6.64. The van der Waals surface area contributed by atoms with E-state index in [9.17, 15) is 26.0 Å². The molecule has 1 aromatic heterocycles. The molecule has 0 unspecified atom stereocenters. The lowest BCUT2D eigenvalue weighted by Gasteiger charge is -2.22. The number of ether oxygens (including phenoxy) is 1. The number of allylic oxidation sites excluding steroid dienone is 2. The van der Waals surface area contributed by atoms with Crippen LogP contribution in [0.4, 0.5) is 16.5 Å². The lowest BCUT2D eigenvalue weighted by Crippen LogP contribution is -2.29. The van der Waals surface area contributed by atoms with E-state index in [0.717, 1.165) is 5.69 Å². The van der Waals surface area contributed by atoms with Gasteiger partial charge in [0.15, 0.2) is 11.3 Å². The van der Waals surface area contributed by atoms with Crippen LogP contribution in [0.2, 0.25) is 5.15 Å². The van der Waals surface area contributed by atoms with Crippen LogP contribution in [0.3, 0.4) is 0 Å². The van der Waals surface area contributed by atoms with Crippen LogP contribution in [0.1, 0.15) is 18.7 Å². The van der Waals surface area contributed by atoms with Crippen LogP contribution < -0.4 is 4.90 Å². The van der Waals surface area contributed by atoms with Crippen LogP contribution in [0, 0.1) is 34.0 Å². The van der Waals surface area contributed by atoms with Crippen LogP contribution in [-0.2, 0) is 4.74 Å². The maximum Gasteiger partial charge on any atom is 0.231 e. The van der Waals surface area contributed by atoms with Gasteiger partial charge in [0.2, 0.25) is 5.13 Å². The van der Waals surface area contributed by atoms with E-state index in [0.29, 0.717) is 34.4 Å². The summed E-state index contributed by atoms with van der Waals surface area (Å²) in [5.41, 5.74) is 0.822. The zero-order chi connectivity index (χ0) is 27.0. The van der Waals surface area contributed by atoms with Crippen molar-refractivity contribution in [2.24, 2.45) is 10.2 Å². The second-order valence-electron chi connectivity index (χ2n) is 8.08. The summed E-state index contributed by atoms with van der Waals surface area (Å²) in [5, 5.41) is 55.3. The Morgan fingerprint density at radius 2 is 1.76 bits per heavy atom. The molecule has 0 saturated carbocycles. The average molecular weight is 536 g/mol. The molecule has 1 aliphatic rings. The Balaban J connectivity index is 1.82. The first-order valence-electron chi connectivity index (χ1n) is 11.0. The second-order valence-corrected chi connectivity index (χ2v) is 9.44. The number of halogens is 1. The third-order valence-corrected chi connectivity index (χ3v) is 6.58. The number of hydrogen-bond donors (Lipinski definition) is 2. The number of anilines is 1. The number of nitriles is 3. The van der Waals surface area contributed by atoms with Crippen molar-refractivity contribution in [2.45, 2.75) is 19.4 Å². The first-order chi connectivity index (χ1) is 17.8. The van der Waals surface area contributed by atoms with Gasteiger partial charge in [-0.2, -0.15) is 15.8 Å². The van der Waals surface area contributed by atoms with Crippen molar-refractivity contribution >= 4 is 45.5 Å². The van der Waals surface area contributed by atoms with Crippen molar-refractivity contribution in [1.29, 1.82) is 15.8 Å². The molecule has 0 spiro atoms. The molecular formula is C25H22ClN7O3S. The summed E-state index contributed by atoms with van der Waals surface area (Å²) in [6.45, 7) is 4.22. The van der Waals surface area contributed by atoms with Crippen molar-refractivity contribution < 1.29 is 14.9 Å². The Labute approximate surface area is 223 Å². The largest absolute Gasteiger partial charge is 0.480 e. The monoisotopic (exact) mass is 535 g/mol. The normalized spacial score (nSPS) is 14.5. The Bertz CT molecular complexity index is 1380. The molecule has 2 heterocycles. The summed E-state index contributed by atoms with van der Waals surface area (Å²) in [7, 11) is 0. The van der Waals surface area contributed by atoms with Crippen LogP contribution in [0.25, 0.3) is 6.08 Å². The Hall–Kier alpha value is -4.05. The number of aliphatic hydroxyl groups excluding tert-OH is 2. The number of hydrogen-bond acceptors (Lipinski definition) is 11. The highest BCUT2D eigenvalue weighted by Gasteiger charge is 2.38. The van der Waals surface area contributed by atoms with E-state index < -0.39 is 5.60 Å². The van der Waals surface area contributed by atoms with Gasteiger partial charge in [0.25, 0.3) is 0 Å². The first-order valence-corrected chi connectivity index (χ1v) is 12.2. The van der Waals surface area contributed by atoms with E-state index in [1.54, 1.807) is 50.3 Å². The SMILES string of the molecule is CC1(C)OC(=C(C#N)C#N)C(C#N)=C1/C=C/c1sc(N=Nc2ccc(N(CCO)CCO)cc2)nc1Cl. The molecule has 1 aliphatic heterocycles. The summed E-state index contributed by atoms with van der Waals surface area (Å²) < 4.78 is 5.75. The van der Waals surface area contributed by atoms with E-state index in [1.807, 2.05) is 23.1 Å². The fourth-order valence-corrected chi connectivity index (χ4v) is 4.52. The smallest absolute Gasteiger partial charge is 0.231 e. The van der Waals surface area contributed by atoms with Crippen LogP contribution in [-0.4, -0.2) is 47.1 Å². The molecule has 0 atom stereocenters. The van der Waals surface area contributed by atoms with Gasteiger partial charge >= 0.3 is 0 Å². The lowest BCUT2D eigenvalue weighted by atomic mass is 9.94. The van der Waals surface area contributed by atoms with E-state index in [2.05, 4.69) is 15.2 Å². The van der Waals surface area contributed by atoms with Gasteiger partial charge in [0.05, 0.1) is 23.8 Å². The highest BCUT2D eigenvalue weighted by Crippen LogP contribution is 2.41. The number of aromatic nitrogens is 1. The summed E-state index contributed by atoms with van der Waals surface area (Å²) in [6, 6.07) is 12.7. The minimum Gasteiger partial charge on any atom is -0.480 e. The molecule has 12 heteroatoms. The highest BCUT2D eigenvalue weighted by atomic mass is 35.5. The van der Waals surface area contributed by atoms with Gasteiger partial charge in [-0.25, -0.2) is 4.98 Å². The van der Waals surface area contributed by atoms with Crippen molar-refractivity contribution in [3.8, 4) is 18.2 Å². The highest BCUT2D eigenvalue weighted by molar-refractivity contribution is 7.16. The quantitative estimate of drug-likeness (QED) is 0.336. The topological polar surface area (TPSA) is 162 Å². The maximum absolute atomic E-state index is 9.65. The van der Waals surface area contributed by atoms with E-state index >= 15 is 0 Å². The number of benzene rings is 1. The molecule has 188 valence electrons. The maximum atomic E-state index is 9.65. The van der Waals surface area contributed by atoms with E-state index in [-0.39, 0.29) is 35.3 Å². The fraction of sp³-hybridized carbons (Fsp3) is 0.280. The molecule has 0 aliphatic carbocycles. The first kappa shape index (κ1) is 27.5. The molecule has 2 aromatic rings. The van der Waals surface area contributed by atoms with Crippen LogP contribution >= 0.6 is 22.9 Å². The molecule has 37 heavy (non-hydrogen) atoms. The summed E-state index contributed by atoms with van der Waals surface area (Å²) in [6.07, 6.45) is 3.32. The predicted octanol–water partition coefficient (Wildman–Crippen LogP) is 4.95. The minimum absolute atomic E-state index is 0.0265. The number of rotatable bonds is 9. The van der Waals surface area contributed by atoms with Gasteiger partial charge in [0.1, 0.15) is 34.5 Å². The van der Waals surface area contributed by atoms with E-state index in [1.165, 1.54) is 11.3 Å². The van der Waals surface area contributed by atoms with Crippen molar-refractivity contribution in [3.63, 3.8) is 0 Å². The van der Waals surface area contributed by atoms with Crippen molar-refractivity contribution in [3.05, 3.63) is 62.9 Å². The molecule has 3 rings (SSSR count). The summed E-state index contributed by atoms with van der Waals surface area (Å²) in [5.74, 6) is -0.0381. The zero-order valence-electron chi connectivity index (χ0n) is 20.0. The fourth-order valence-electron chi connectivity index (χ4n) is 3.53. The van der Waals surface area contributed by atoms with Crippen molar-refractivity contribution in [2.75, 3.05) is 31.2 Å². The molecule has 0 saturated heterocycles. The van der Waals surface area contributed by atoms with Gasteiger partial charge in [-0.15, -0.1) is 10.2 Å². The summed E-state index contributed by atoms with van der Waals surface area (Å²) >= 11 is 7.48. The van der Waals surface area contributed by atoms with Crippen LogP contribution in [0.5, 0.6) is 0 Å². The molecule has 0 bridgehead atoms. The van der Waals surface area contributed by atoms with Gasteiger partial charge < -0.3 is 19.8 Å². The third kappa shape index (κ3) is 6.39. The Morgan fingerprint density at radius 1 is 1.11 bits per heavy atom. The minimum atomic E-state index is -0.939. The Morgan fingerprint density at radius 3 is 2.32 bits per heavy atom. The molecule has 2 N–H and O–H groups in total. The Kier molecular flexibility index (Phi) is 9.13. The van der Waals surface area contributed by atoms with Gasteiger partial charge in [0, 0.05) is 24.4 Å². The number of aliphatic hydroxyl groups is 2. The molecular weight excluding hydrogens is 514 g/mol. The lowest BCUT2D eigenvalue weighted by molar-refractivity contribution is 0.0954. The molecule has 0 radical (unpaired) electrons.